The number of hydrogen-bond acceptors (Lipinski definition) is 3. The molecule has 7 aromatic rings. The Balaban J connectivity index is 0.000000217. The molecule has 0 saturated carbocycles. The van der Waals surface area contributed by atoms with Crippen LogP contribution in [0.5, 0.6) is 0 Å². The van der Waals surface area contributed by atoms with Crippen LogP contribution < -0.4 is 5.19 Å². The number of benzene rings is 4. The predicted molar refractivity (Wildman–Crippen MR) is 183 cm³/mol. The number of thiophene rings is 1. The van der Waals surface area contributed by atoms with Gasteiger partial charge in [0.05, 0.1) is 8.07 Å². The second kappa shape index (κ2) is 13.5. The van der Waals surface area contributed by atoms with Crippen LogP contribution >= 0.6 is 11.3 Å². The van der Waals surface area contributed by atoms with E-state index in [-0.39, 0.29) is 31.5 Å². The molecule has 1 radical (unpaired) electrons. The molecule has 0 saturated heterocycles. The summed E-state index contributed by atoms with van der Waals surface area (Å²) in [5.74, 6) is -0.286. The van der Waals surface area contributed by atoms with E-state index < -0.39 is 14.9 Å². The van der Waals surface area contributed by atoms with Gasteiger partial charge >= 0.3 is 0 Å². The molecule has 221 valence electrons. The van der Waals surface area contributed by atoms with Gasteiger partial charge in [-0.2, -0.15) is 11.3 Å². The quantitative estimate of drug-likeness (QED) is 0.131. The Labute approximate surface area is 281 Å². The summed E-state index contributed by atoms with van der Waals surface area (Å²) >= 11 is 1.53. The van der Waals surface area contributed by atoms with Crippen LogP contribution in [0.25, 0.3) is 53.8 Å². The number of aryl methyl sites for hydroxylation is 1. The van der Waals surface area contributed by atoms with Gasteiger partial charge in [0.15, 0.2) is 0 Å². The molecule has 2 nitrogen and oxygen atoms in total. The Morgan fingerprint density at radius 1 is 0.773 bits per heavy atom. The van der Waals surface area contributed by atoms with Crippen molar-refractivity contribution in [3.05, 3.63) is 139 Å². The van der Waals surface area contributed by atoms with E-state index >= 15 is 0 Å². The molecular formula is C38H31FIrN2SSi-2. The third-order valence-electron chi connectivity index (χ3n) is 7.25. The van der Waals surface area contributed by atoms with Gasteiger partial charge in [-0.15, -0.1) is 59.7 Å². The van der Waals surface area contributed by atoms with Gasteiger partial charge < -0.3 is 9.97 Å². The summed E-state index contributed by atoms with van der Waals surface area (Å²) in [6.07, 6.45) is 3.63. The average molecular weight is 790 g/mol. The molecule has 44 heavy (non-hydrogen) atoms. The second-order valence-corrected chi connectivity index (χ2v) is 17.4. The van der Waals surface area contributed by atoms with E-state index in [4.69, 9.17) is 4.11 Å². The van der Waals surface area contributed by atoms with Gasteiger partial charge in [0.25, 0.3) is 0 Å². The van der Waals surface area contributed by atoms with Crippen molar-refractivity contribution in [1.29, 1.82) is 0 Å². The molecular weight excluding hydrogens is 756 g/mol. The number of nitrogens with zero attached hydrogens (tertiary/aromatic N) is 2. The fraction of sp³-hybridized carbons (Fsp3) is 0.105. The SMILES string of the molecule is C[Si](C)(C)c1ccc(-c2[c-]cccc2)nc1.[2H]C([2H])([2H])c1cc(-c2[c-]ccc3c2sc2ccc(F)cc23)ncc1-c1ccccc1.[Ir]. The van der Waals surface area contributed by atoms with E-state index in [9.17, 15) is 4.39 Å². The molecule has 3 aromatic heterocycles. The zero-order valence-corrected chi connectivity index (χ0v) is 28.7. The Morgan fingerprint density at radius 2 is 1.57 bits per heavy atom. The molecule has 0 spiro atoms. The van der Waals surface area contributed by atoms with Gasteiger partial charge in [-0.25, -0.2) is 4.39 Å². The number of aromatic nitrogens is 2. The van der Waals surface area contributed by atoms with Crippen molar-refractivity contribution in [2.24, 2.45) is 0 Å². The minimum atomic E-state index is -2.29. The summed E-state index contributed by atoms with van der Waals surface area (Å²) in [5, 5.41) is 3.14. The van der Waals surface area contributed by atoms with E-state index in [1.54, 1.807) is 24.4 Å². The first-order chi connectivity index (χ1) is 22.0. The van der Waals surface area contributed by atoms with Gasteiger partial charge in [0.2, 0.25) is 0 Å². The van der Waals surface area contributed by atoms with Crippen LogP contribution in [-0.4, -0.2) is 18.0 Å². The van der Waals surface area contributed by atoms with Crippen molar-refractivity contribution in [3.8, 4) is 33.6 Å². The summed E-state index contributed by atoms with van der Waals surface area (Å²) in [5.41, 5.74) is 4.97. The molecule has 7 rings (SSSR count). The Hall–Kier alpha value is -3.80. The maximum atomic E-state index is 13.8. The molecule has 0 unspecified atom stereocenters. The Morgan fingerprint density at radius 3 is 2.27 bits per heavy atom. The monoisotopic (exact) mass is 790 g/mol. The molecule has 4 aromatic carbocycles. The van der Waals surface area contributed by atoms with Gasteiger partial charge in [0, 0.05) is 46.9 Å². The molecule has 0 aliphatic carbocycles. The topological polar surface area (TPSA) is 25.8 Å². The van der Waals surface area contributed by atoms with E-state index in [2.05, 4.69) is 53.9 Å². The predicted octanol–water partition coefficient (Wildman–Crippen LogP) is 10.1. The van der Waals surface area contributed by atoms with Gasteiger partial charge in [-0.3, -0.25) is 0 Å². The third kappa shape index (κ3) is 6.79. The Kier molecular flexibility index (Phi) is 8.48. The maximum Gasteiger partial charge on any atom is 0.123 e. The number of rotatable bonds is 4. The molecule has 0 fully saturated rings. The normalized spacial score (nSPS) is 12.4. The van der Waals surface area contributed by atoms with Crippen LogP contribution in [0.2, 0.25) is 19.6 Å². The first-order valence-electron chi connectivity index (χ1n) is 15.5. The van der Waals surface area contributed by atoms with Gasteiger partial charge in [-0.05, 0) is 62.8 Å². The molecule has 0 bridgehead atoms. The largest absolute Gasteiger partial charge is 0.305 e. The smallest absolute Gasteiger partial charge is 0.123 e. The van der Waals surface area contributed by atoms with E-state index in [0.29, 0.717) is 11.3 Å². The van der Waals surface area contributed by atoms with Crippen molar-refractivity contribution < 1.29 is 28.6 Å². The number of halogens is 1. The van der Waals surface area contributed by atoms with Gasteiger partial charge in [-0.1, -0.05) is 73.6 Å². The summed E-state index contributed by atoms with van der Waals surface area (Å²) in [6.45, 7) is 4.70. The van der Waals surface area contributed by atoms with E-state index in [1.807, 2.05) is 66.9 Å². The van der Waals surface area contributed by atoms with E-state index in [0.717, 1.165) is 42.6 Å². The summed E-state index contributed by atoms with van der Waals surface area (Å²) in [4.78, 5) is 9.11. The second-order valence-electron chi connectivity index (χ2n) is 11.3. The molecule has 0 aliphatic heterocycles. The van der Waals surface area contributed by atoms with Crippen molar-refractivity contribution in [2.75, 3.05) is 0 Å². The fourth-order valence-corrected chi connectivity index (χ4v) is 7.12. The summed E-state index contributed by atoms with van der Waals surface area (Å²) in [6, 6.07) is 38.1. The van der Waals surface area contributed by atoms with Crippen LogP contribution in [0.1, 0.15) is 9.68 Å². The molecule has 0 aliphatic rings. The Bertz CT molecular complexity index is 2130. The number of hydrogen-bond donors (Lipinski definition) is 0. The molecule has 3 heterocycles. The van der Waals surface area contributed by atoms with Crippen LogP contribution in [-0.2, 0) is 20.1 Å². The summed E-state index contributed by atoms with van der Waals surface area (Å²) in [7, 11) is -1.23. The zero-order chi connectivity index (χ0) is 32.5. The number of fused-ring (bicyclic) bond motifs is 3. The van der Waals surface area contributed by atoms with Crippen molar-refractivity contribution >= 4 is 44.8 Å². The minimum Gasteiger partial charge on any atom is -0.305 e. The van der Waals surface area contributed by atoms with Gasteiger partial charge in [0.1, 0.15) is 5.82 Å². The first-order valence-corrected chi connectivity index (χ1v) is 18.3. The zero-order valence-electron chi connectivity index (χ0n) is 27.5. The molecule has 6 heteroatoms. The van der Waals surface area contributed by atoms with Crippen LogP contribution in [0, 0.1) is 24.8 Å². The molecule has 0 amide bonds. The van der Waals surface area contributed by atoms with Crippen LogP contribution in [0.4, 0.5) is 4.39 Å². The molecule has 0 atom stereocenters. The first kappa shape index (κ1) is 27.7. The average Bonchev–Trinajstić information content (AvgIpc) is 3.43. The van der Waals surface area contributed by atoms with Crippen LogP contribution in [0.15, 0.2) is 116 Å². The van der Waals surface area contributed by atoms with Crippen molar-refractivity contribution in [1.82, 2.24) is 9.97 Å². The number of pyridine rings is 2. The van der Waals surface area contributed by atoms with Crippen LogP contribution in [0.3, 0.4) is 0 Å². The fourth-order valence-electron chi connectivity index (χ4n) is 4.89. The van der Waals surface area contributed by atoms with Crippen molar-refractivity contribution in [2.45, 2.75) is 26.5 Å². The minimum absolute atomic E-state index is 0. The summed E-state index contributed by atoms with van der Waals surface area (Å²) < 4.78 is 39.8. The maximum absolute atomic E-state index is 13.8. The van der Waals surface area contributed by atoms with E-state index in [1.165, 1.54) is 28.7 Å². The van der Waals surface area contributed by atoms with Crippen molar-refractivity contribution in [3.63, 3.8) is 0 Å². The molecule has 0 N–H and O–H groups in total. The third-order valence-corrected chi connectivity index (χ3v) is 10.5. The standard InChI is InChI=1S/C24H15FNS.C14H16NSi.Ir/c1-15-12-22(26-14-21(15)16-6-3-2-4-7-16)19-9-5-8-18-20-13-17(25)10-11-23(20)27-24(18)19;1-16(2,3)13-9-10-14(15-11-13)12-7-5-4-6-8-12;/h2-8,10-14H,1H3;4-7,9-11H,1-3H3;/q2*-1;/i1D3;;.